The zero-order chi connectivity index (χ0) is 13.8. The Morgan fingerprint density at radius 1 is 1.30 bits per heavy atom. The monoisotopic (exact) mass is 276 g/mol. The highest BCUT2D eigenvalue weighted by molar-refractivity contribution is 5.79. The van der Waals surface area contributed by atoms with Crippen LogP contribution < -0.4 is 5.32 Å². The molecule has 0 radical (unpaired) electrons. The number of carbonyl (C=O) groups is 1. The average molecular weight is 276 g/mol. The van der Waals surface area contributed by atoms with E-state index in [1.807, 2.05) is 6.20 Å². The summed E-state index contributed by atoms with van der Waals surface area (Å²) in [4.78, 5) is 21.4. The van der Waals surface area contributed by atoms with Gasteiger partial charge in [0.05, 0.1) is 6.33 Å². The SMILES string of the molecule is O=C1CC(NCc2cnc[nH]2)CN1C1CCCCCC1. The Morgan fingerprint density at radius 2 is 2.10 bits per heavy atom. The van der Waals surface area contributed by atoms with Crippen molar-refractivity contribution in [2.75, 3.05) is 6.54 Å². The van der Waals surface area contributed by atoms with Crippen molar-refractivity contribution in [3.8, 4) is 0 Å². The standard InChI is InChI=1S/C15H24N4O/c20-15-7-12(17-9-13-8-16-11-18-13)10-19(15)14-5-3-1-2-4-6-14/h8,11-12,14,17H,1-7,9-10H2,(H,16,18). The molecule has 1 aliphatic heterocycles. The summed E-state index contributed by atoms with van der Waals surface area (Å²) in [6, 6.07) is 0.776. The number of hydrogen-bond donors (Lipinski definition) is 2. The summed E-state index contributed by atoms with van der Waals surface area (Å²) in [6.07, 6.45) is 11.8. The molecule has 1 amide bonds. The molecule has 1 unspecified atom stereocenters. The van der Waals surface area contributed by atoms with Crippen molar-refractivity contribution in [2.24, 2.45) is 0 Å². The van der Waals surface area contributed by atoms with E-state index in [1.54, 1.807) is 6.33 Å². The fourth-order valence-electron chi connectivity index (χ4n) is 3.43. The summed E-state index contributed by atoms with van der Waals surface area (Å²) in [5.41, 5.74) is 1.07. The molecule has 2 aliphatic rings. The van der Waals surface area contributed by atoms with Gasteiger partial charge in [0.1, 0.15) is 0 Å². The van der Waals surface area contributed by atoms with Crippen molar-refractivity contribution in [1.82, 2.24) is 20.2 Å². The van der Waals surface area contributed by atoms with Gasteiger partial charge in [-0.15, -0.1) is 0 Å². The number of aromatic nitrogens is 2. The molecular formula is C15H24N4O. The topological polar surface area (TPSA) is 61.0 Å². The number of aromatic amines is 1. The molecule has 0 spiro atoms. The van der Waals surface area contributed by atoms with Gasteiger partial charge in [-0.3, -0.25) is 4.79 Å². The number of nitrogens with one attached hydrogen (secondary N) is 2. The van der Waals surface area contributed by atoms with Crippen LogP contribution in [0.2, 0.25) is 0 Å². The van der Waals surface area contributed by atoms with E-state index in [4.69, 9.17) is 0 Å². The largest absolute Gasteiger partial charge is 0.347 e. The summed E-state index contributed by atoms with van der Waals surface area (Å²) >= 11 is 0. The lowest BCUT2D eigenvalue weighted by Gasteiger charge is -2.27. The molecule has 5 heteroatoms. The van der Waals surface area contributed by atoms with Gasteiger partial charge in [0.2, 0.25) is 5.91 Å². The van der Waals surface area contributed by atoms with E-state index in [0.717, 1.165) is 18.8 Å². The normalized spacial score (nSPS) is 25.1. The molecule has 5 nitrogen and oxygen atoms in total. The molecule has 20 heavy (non-hydrogen) atoms. The summed E-state index contributed by atoms with van der Waals surface area (Å²) in [5.74, 6) is 0.332. The molecule has 1 aromatic heterocycles. The van der Waals surface area contributed by atoms with Crippen molar-refractivity contribution in [3.05, 3.63) is 18.2 Å². The van der Waals surface area contributed by atoms with Crippen LogP contribution in [-0.4, -0.2) is 39.4 Å². The van der Waals surface area contributed by atoms with Gasteiger partial charge in [-0.25, -0.2) is 4.98 Å². The smallest absolute Gasteiger partial charge is 0.224 e. The quantitative estimate of drug-likeness (QED) is 0.825. The molecule has 0 aromatic carbocycles. The second-order valence-electron chi connectivity index (χ2n) is 6.05. The minimum Gasteiger partial charge on any atom is -0.347 e. The third kappa shape index (κ3) is 3.20. The third-order valence-electron chi connectivity index (χ3n) is 4.56. The Kier molecular flexibility index (Phi) is 4.35. The van der Waals surface area contributed by atoms with Crippen LogP contribution in [0.25, 0.3) is 0 Å². The van der Waals surface area contributed by atoms with E-state index in [2.05, 4.69) is 20.2 Å². The Balaban J connectivity index is 1.52. The van der Waals surface area contributed by atoms with Crippen molar-refractivity contribution >= 4 is 5.91 Å². The Labute approximate surface area is 120 Å². The molecule has 1 atom stereocenters. The molecule has 2 heterocycles. The lowest BCUT2D eigenvalue weighted by Crippen LogP contribution is -2.38. The van der Waals surface area contributed by atoms with E-state index >= 15 is 0 Å². The van der Waals surface area contributed by atoms with Gasteiger partial charge in [-0.2, -0.15) is 0 Å². The van der Waals surface area contributed by atoms with Gasteiger partial charge in [0.25, 0.3) is 0 Å². The van der Waals surface area contributed by atoms with Crippen LogP contribution in [0.5, 0.6) is 0 Å². The molecule has 1 aromatic rings. The van der Waals surface area contributed by atoms with Gasteiger partial charge in [-0.1, -0.05) is 25.7 Å². The second kappa shape index (κ2) is 6.39. The number of likely N-dealkylation sites (tertiary alicyclic amines) is 1. The van der Waals surface area contributed by atoms with Crippen LogP contribution >= 0.6 is 0 Å². The Morgan fingerprint density at radius 3 is 2.80 bits per heavy atom. The minimum absolute atomic E-state index is 0.286. The van der Waals surface area contributed by atoms with Gasteiger partial charge >= 0.3 is 0 Å². The molecule has 2 fully saturated rings. The predicted octanol–water partition coefficient (Wildman–Crippen LogP) is 1.82. The van der Waals surface area contributed by atoms with Gasteiger partial charge in [0, 0.05) is 43.5 Å². The first-order valence-electron chi connectivity index (χ1n) is 7.83. The first-order chi connectivity index (χ1) is 9.83. The molecular weight excluding hydrogens is 252 g/mol. The van der Waals surface area contributed by atoms with Crippen LogP contribution in [0, 0.1) is 0 Å². The lowest BCUT2D eigenvalue weighted by atomic mass is 10.1. The minimum atomic E-state index is 0.286. The first-order valence-corrected chi connectivity index (χ1v) is 7.83. The van der Waals surface area contributed by atoms with Crippen LogP contribution in [0.3, 0.4) is 0 Å². The number of nitrogens with zero attached hydrogens (tertiary/aromatic N) is 2. The Hall–Kier alpha value is -1.36. The molecule has 110 valence electrons. The van der Waals surface area contributed by atoms with Crippen molar-refractivity contribution in [1.29, 1.82) is 0 Å². The number of hydrogen-bond acceptors (Lipinski definition) is 3. The zero-order valence-corrected chi connectivity index (χ0v) is 12.0. The lowest BCUT2D eigenvalue weighted by molar-refractivity contribution is -0.129. The Bertz CT molecular complexity index is 423. The molecule has 1 saturated heterocycles. The fraction of sp³-hybridized carbons (Fsp3) is 0.733. The van der Waals surface area contributed by atoms with Gasteiger partial charge < -0.3 is 15.2 Å². The number of H-pyrrole nitrogens is 1. The maximum Gasteiger partial charge on any atom is 0.224 e. The highest BCUT2D eigenvalue weighted by Crippen LogP contribution is 2.25. The van der Waals surface area contributed by atoms with Crippen LogP contribution in [0.15, 0.2) is 12.5 Å². The molecule has 3 rings (SSSR count). The summed E-state index contributed by atoms with van der Waals surface area (Å²) in [7, 11) is 0. The zero-order valence-electron chi connectivity index (χ0n) is 12.0. The summed E-state index contributed by atoms with van der Waals surface area (Å²) in [5, 5.41) is 3.47. The molecule has 0 bridgehead atoms. The maximum atomic E-state index is 12.2. The molecule has 1 saturated carbocycles. The fourth-order valence-corrected chi connectivity index (χ4v) is 3.43. The van der Waals surface area contributed by atoms with E-state index in [0.29, 0.717) is 18.4 Å². The highest BCUT2D eigenvalue weighted by Gasteiger charge is 2.34. The predicted molar refractivity (Wildman–Crippen MR) is 77.0 cm³/mol. The molecule has 2 N–H and O–H groups in total. The average Bonchev–Trinajstić information content (AvgIpc) is 3.00. The first kappa shape index (κ1) is 13.6. The second-order valence-corrected chi connectivity index (χ2v) is 6.05. The van der Waals surface area contributed by atoms with E-state index in [1.165, 1.54) is 38.5 Å². The van der Waals surface area contributed by atoms with Crippen molar-refractivity contribution < 1.29 is 4.79 Å². The number of imidazole rings is 1. The van der Waals surface area contributed by atoms with E-state index in [9.17, 15) is 4.79 Å². The highest BCUT2D eigenvalue weighted by atomic mass is 16.2. The number of carbonyl (C=O) groups excluding carboxylic acids is 1. The summed E-state index contributed by atoms with van der Waals surface area (Å²) < 4.78 is 0. The molecule has 1 aliphatic carbocycles. The van der Waals surface area contributed by atoms with Crippen LogP contribution in [0.4, 0.5) is 0 Å². The summed E-state index contributed by atoms with van der Waals surface area (Å²) in [6.45, 7) is 1.63. The van der Waals surface area contributed by atoms with E-state index in [-0.39, 0.29) is 6.04 Å². The van der Waals surface area contributed by atoms with Gasteiger partial charge in [0.15, 0.2) is 0 Å². The van der Waals surface area contributed by atoms with Crippen molar-refractivity contribution in [3.63, 3.8) is 0 Å². The van der Waals surface area contributed by atoms with Gasteiger partial charge in [-0.05, 0) is 12.8 Å². The maximum absolute atomic E-state index is 12.2. The number of rotatable bonds is 4. The number of amides is 1. The van der Waals surface area contributed by atoms with Crippen LogP contribution in [0.1, 0.15) is 50.6 Å². The van der Waals surface area contributed by atoms with E-state index < -0.39 is 0 Å². The van der Waals surface area contributed by atoms with Crippen LogP contribution in [-0.2, 0) is 11.3 Å². The van der Waals surface area contributed by atoms with Crippen molar-refractivity contribution in [2.45, 2.75) is 63.6 Å². The third-order valence-corrected chi connectivity index (χ3v) is 4.56.